The van der Waals surface area contributed by atoms with E-state index in [9.17, 15) is 0 Å². The van der Waals surface area contributed by atoms with E-state index in [2.05, 4.69) is 15.0 Å². The van der Waals surface area contributed by atoms with Crippen molar-refractivity contribution in [3.8, 4) is 0 Å². The fourth-order valence-corrected chi connectivity index (χ4v) is 4.73. The van der Waals surface area contributed by atoms with Gasteiger partial charge in [0, 0.05) is 17.3 Å². The molecule has 2 N–H and O–H groups in total. The first kappa shape index (κ1) is 13.9. The molecule has 4 rings (SSSR count). The van der Waals surface area contributed by atoms with Crippen LogP contribution in [0, 0.1) is 0 Å². The summed E-state index contributed by atoms with van der Waals surface area (Å²) in [6.07, 6.45) is 8.23. The number of thioether (sulfide) groups is 1. The molecular weight excluding hydrogens is 314 g/mol. The van der Waals surface area contributed by atoms with E-state index in [1.165, 1.54) is 35.0 Å². The Bertz CT molecular complexity index is 816. The standard InChI is InChI=1S/C15H15N5S2/c16-13-12-9-4-1-2-5-10(9)22-14(12)20-11(19-13)8-21-15-17-6-3-7-18-15/h3,6-7H,1-2,4-5,8H2,(H2,16,19,20). The molecule has 0 spiro atoms. The van der Waals surface area contributed by atoms with Crippen molar-refractivity contribution in [1.29, 1.82) is 0 Å². The summed E-state index contributed by atoms with van der Waals surface area (Å²) in [6.45, 7) is 0. The van der Waals surface area contributed by atoms with Gasteiger partial charge < -0.3 is 5.73 Å². The van der Waals surface area contributed by atoms with Gasteiger partial charge in [0.25, 0.3) is 0 Å². The minimum absolute atomic E-state index is 0.619. The van der Waals surface area contributed by atoms with Gasteiger partial charge in [-0.2, -0.15) is 0 Å². The maximum atomic E-state index is 6.21. The van der Waals surface area contributed by atoms with Gasteiger partial charge in [-0.05, 0) is 37.3 Å². The topological polar surface area (TPSA) is 77.6 Å². The fraction of sp³-hybridized carbons (Fsp3) is 0.333. The lowest BCUT2D eigenvalue weighted by Gasteiger charge is -2.10. The van der Waals surface area contributed by atoms with Crippen LogP contribution < -0.4 is 5.73 Å². The molecule has 0 atom stereocenters. The number of aryl methyl sites for hydroxylation is 2. The molecule has 0 saturated heterocycles. The van der Waals surface area contributed by atoms with E-state index in [-0.39, 0.29) is 0 Å². The van der Waals surface area contributed by atoms with Gasteiger partial charge in [-0.3, -0.25) is 0 Å². The van der Waals surface area contributed by atoms with Crippen LogP contribution in [-0.2, 0) is 18.6 Å². The first-order valence-corrected chi connectivity index (χ1v) is 9.08. The smallest absolute Gasteiger partial charge is 0.187 e. The molecular formula is C15H15N5S2. The number of hydrogen-bond donors (Lipinski definition) is 1. The Kier molecular flexibility index (Phi) is 3.67. The van der Waals surface area contributed by atoms with Crippen molar-refractivity contribution in [1.82, 2.24) is 19.9 Å². The van der Waals surface area contributed by atoms with Crippen molar-refractivity contribution in [2.75, 3.05) is 5.73 Å². The highest BCUT2D eigenvalue weighted by molar-refractivity contribution is 7.98. The van der Waals surface area contributed by atoms with Gasteiger partial charge in [-0.15, -0.1) is 11.3 Å². The second kappa shape index (κ2) is 5.81. The monoisotopic (exact) mass is 329 g/mol. The predicted molar refractivity (Wildman–Crippen MR) is 90.1 cm³/mol. The van der Waals surface area contributed by atoms with Gasteiger partial charge in [-0.1, -0.05) is 11.8 Å². The molecule has 0 aliphatic heterocycles. The molecule has 1 aliphatic rings. The number of rotatable bonds is 3. The number of hydrogen-bond acceptors (Lipinski definition) is 7. The quantitative estimate of drug-likeness (QED) is 0.587. The molecule has 112 valence electrons. The van der Waals surface area contributed by atoms with Gasteiger partial charge in [-0.25, -0.2) is 19.9 Å². The van der Waals surface area contributed by atoms with Crippen LogP contribution in [0.5, 0.6) is 0 Å². The number of aromatic nitrogens is 4. The molecule has 22 heavy (non-hydrogen) atoms. The van der Waals surface area contributed by atoms with E-state index in [1.54, 1.807) is 29.8 Å². The largest absolute Gasteiger partial charge is 0.383 e. The molecule has 0 fully saturated rings. The van der Waals surface area contributed by atoms with Crippen LogP contribution in [0.1, 0.15) is 29.1 Å². The van der Waals surface area contributed by atoms with Gasteiger partial charge in [0.15, 0.2) is 5.16 Å². The molecule has 7 heteroatoms. The lowest BCUT2D eigenvalue weighted by molar-refractivity contribution is 0.700. The Hall–Kier alpha value is -1.73. The molecule has 1 aliphatic carbocycles. The number of nitrogens with zero attached hydrogens (tertiary/aromatic N) is 4. The van der Waals surface area contributed by atoms with E-state index >= 15 is 0 Å². The molecule has 3 heterocycles. The van der Waals surface area contributed by atoms with Crippen LogP contribution in [0.15, 0.2) is 23.6 Å². The van der Waals surface area contributed by atoms with Gasteiger partial charge in [0.2, 0.25) is 0 Å². The fourth-order valence-electron chi connectivity index (χ4n) is 2.79. The number of anilines is 1. The normalized spacial score (nSPS) is 14.2. The van der Waals surface area contributed by atoms with Crippen LogP contribution >= 0.6 is 23.1 Å². The number of nitrogen functional groups attached to an aromatic ring is 1. The van der Waals surface area contributed by atoms with Crippen LogP contribution in [0.2, 0.25) is 0 Å². The van der Waals surface area contributed by atoms with Gasteiger partial charge in [0.1, 0.15) is 16.5 Å². The zero-order valence-electron chi connectivity index (χ0n) is 12.0. The summed E-state index contributed by atoms with van der Waals surface area (Å²) in [5.41, 5.74) is 7.59. The van der Waals surface area contributed by atoms with Gasteiger partial charge >= 0.3 is 0 Å². The van der Waals surface area contributed by atoms with Crippen molar-refractivity contribution in [3.05, 3.63) is 34.7 Å². The third-order valence-corrected chi connectivity index (χ3v) is 5.82. The van der Waals surface area contributed by atoms with Crippen LogP contribution in [0.4, 0.5) is 5.82 Å². The number of fused-ring (bicyclic) bond motifs is 3. The lowest BCUT2D eigenvalue weighted by atomic mass is 9.97. The maximum absolute atomic E-state index is 6.21. The zero-order valence-corrected chi connectivity index (χ0v) is 13.6. The molecule has 0 radical (unpaired) electrons. The summed E-state index contributed by atoms with van der Waals surface area (Å²) < 4.78 is 0. The Morgan fingerprint density at radius 3 is 2.82 bits per heavy atom. The van der Waals surface area contributed by atoms with E-state index < -0.39 is 0 Å². The highest BCUT2D eigenvalue weighted by Gasteiger charge is 2.20. The summed E-state index contributed by atoms with van der Waals surface area (Å²) in [5.74, 6) is 2.00. The average molecular weight is 329 g/mol. The van der Waals surface area contributed by atoms with Crippen molar-refractivity contribution in [3.63, 3.8) is 0 Å². The highest BCUT2D eigenvalue weighted by Crippen LogP contribution is 2.38. The second-order valence-corrected chi connectivity index (χ2v) is 7.26. The summed E-state index contributed by atoms with van der Waals surface area (Å²) in [6, 6.07) is 1.81. The summed E-state index contributed by atoms with van der Waals surface area (Å²) in [7, 11) is 0. The number of thiophene rings is 1. The van der Waals surface area contributed by atoms with Crippen molar-refractivity contribution < 1.29 is 0 Å². The Labute approximate surface area is 136 Å². The third kappa shape index (κ3) is 2.55. The summed E-state index contributed by atoms with van der Waals surface area (Å²) >= 11 is 3.31. The average Bonchev–Trinajstić information content (AvgIpc) is 2.92. The summed E-state index contributed by atoms with van der Waals surface area (Å²) in [4.78, 5) is 20.1. The van der Waals surface area contributed by atoms with Crippen molar-refractivity contribution >= 4 is 39.1 Å². The summed E-state index contributed by atoms with van der Waals surface area (Å²) in [5, 5.41) is 1.82. The maximum Gasteiger partial charge on any atom is 0.187 e. The van der Waals surface area contributed by atoms with Crippen molar-refractivity contribution in [2.24, 2.45) is 0 Å². The first-order valence-electron chi connectivity index (χ1n) is 7.28. The number of nitrogens with two attached hydrogens (primary N) is 1. The minimum atomic E-state index is 0.619. The van der Waals surface area contributed by atoms with Gasteiger partial charge in [0.05, 0.1) is 11.1 Å². The SMILES string of the molecule is Nc1nc(CSc2ncccn2)nc2sc3c(c12)CCCC3. The Morgan fingerprint density at radius 1 is 1.14 bits per heavy atom. The third-order valence-electron chi connectivity index (χ3n) is 3.76. The molecule has 5 nitrogen and oxygen atoms in total. The Morgan fingerprint density at radius 2 is 1.95 bits per heavy atom. The molecule has 0 unspecified atom stereocenters. The lowest BCUT2D eigenvalue weighted by Crippen LogP contribution is -2.02. The second-order valence-electron chi connectivity index (χ2n) is 5.24. The van der Waals surface area contributed by atoms with Crippen LogP contribution in [0.3, 0.4) is 0 Å². The van der Waals surface area contributed by atoms with Crippen LogP contribution in [0.25, 0.3) is 10.2 Å². The molecule has 0 aromatic carbocycles. The molecule has 3 aromatic rings. The highest BCUT2D eigenvalue weighted by atomic mass is 32.2. The Balaban J connectivity index is 1.65. The first-order chi connectivity index (χ1) is 10.8. The molecule has 3 aromatic heterocycles. The van der Waals surface area contributed by atoms with Crippen LogP contribution in [-0.4, -0.2) is 19.9 Å². The molecule has 0 saturated carbocycles. The molecule has 0 bridgehead atoms. The van der Waals surface area contributed by atoms with E-state index in [0.717, 1.165) is 34.0 Å². The van der Waals surface area contributed by atoms with Crippen molar-refractivity contribution in [2.45, 2.75) is 36.6 Å². The van der Waals surface area contributed by atoms with E-state index in [0.29, 0.717) is 11.6 Å². The molecule has 0 amide bonds. The van der Waals surface area contributed by atoms with E-state index in [1.807, 2.05) is 0 Å². The van der Waals surface area contributed by atoms with E-state index in [4.69, 9.17) is 10.7 Å². The zero-order chi connectivity index (χ0) is 14.9. The predicted octanol–water partition coefficient (Wildman–Crippen LogP) is 3.23. The minimum Gasteiger partial charge on any atom is -0.383 e.